The van der Waals surface area contributed by atoms with Crippen molar-refractivity contribution in [3.63, 3.8) is 0 Å². The first-order valence-corrected chi connectivity index (χ1v) is 8.03. The Labute approximate surface area is 129 Å². The summed E-state index contributed by atoms with van der Waals surface area (Å²) in [4.78, 5) is 29.8. The normalized spacial score (nSPS) is 11.0. The van der Waals surface area contributed by atoms with Crippen molar-refractivity contribution in [2.45, 2.75) is 13.5 Å². The van der Waals surface area contributed by atoms with Gasteiger partial charge in [0.15, 0.2) is 5.13 Å². The number of rotatable bonds is 3. The summed E-state index contributed by atoms with van der Waals surface area (Å²) in [6.07, 6.45) is 0. The fourth-order valence-corrected chi connectivity index (χ4v) is 3.63. The number of nitrogens with zero attached hydrogens (tertiary/aromatic N) is 3. The monoisotopic (exact) mass is 319 g/mol. The first-order valence-electron chi connectivity index (χ1n) is 6.33. The van der Waals surface area contributed by atoms with Crippen LogP contribution in [0.15, 0.2) is 34.4 Å². The van der Waals surface area contributed by atoms with Crippen molar-refractivity contribution in [2.24, 2.45) is 0 Å². The Morgan fingerprint density at radius 3 is 2.81 bits per heavy atom. The molecular weight excluding hydrogens is 306 g/mol. The van der Waals surface area contributed by atoms with E-state index in [1.54, 1.807) is 12.4 Å². The second kappa shape index (κ2) is 5.42. The number of aromatic nitrogens is 2. The third kappa shape index (κ3) is 2.62. The molecule has 0 radical (unpaired) electrons. The molecule has 1 amide bonds. The van der Waals surface area contributed by atoms with E-state index in [4.69, 9.17) is 0 Å². The molecule has 0 aliphatic rings. The van der Waals surface area contributed by atoms with Gasteiger partial charge in [0.05, 0.1) is 10.2 Å². The van der Waals surface area contributed by atoms with E-state index < -0.39 is 0 Å². The number of carbonyl (C=O) groups is 1. The SMILES string of the molecule is Cc1csc(=O)n1CC(=O)N(C)c1nc2ccccc2s1. The molecule has 0 spiro atoms. The molecule has 0 saturated heterocycles. The third-order valence-corrected chi connectivity index (χ3v) is 5.21. The van der Waals surface area contributed by atoms with Crippen LogP contribution < -0.4 is 9.77 Å². The number of thiazole rings is 2. The van der Waals surface area contributed by atoms with E-state index in [1.807, 2.05) is 31.2 Å². The molecule has 7 heteroatoms. The quantitative estimate of drug-likeness (QED) is 0.745. The Hall–Kier alpha value is -1.99. The van der Waals surface area contributed by atoms with Gasteiger partial charge in [-0.3, -0.25) is 19.1 Å². The van der Waals surface area contributed by atoms with Crippen LogP contribution in [0.3, 0.4) is 0 Å². The molecule has 1 aromatic carbocycles. The van der Waals surface area contributed by atoms with E-state index in [0.717, 1.165) is 27.2 Å². The number of hydrogen-bond acceptors (Lipinski definition) is 5. The molecule has 108 valence electrons. The van der Waals surface area contributed by atoms with Gasteiger partial charge in [-0.05, 0) is 19.1 Å². The van der Waals surface area contributed by atoms with E-state index in [9.17, 15) is 9.59 Å². The maximum absolute atomic E-state index is 12.3. The Balaban J connectivity index is 1.86. The summed E-state index contributed by atoms with van der Waals surface area (Å²) in [6, 6.07) is 7.76. The Morgan fingerprint density at radius 2 is 2.14 bits per heavy atom. The smallest absolute Gasteiger partial charge is 0.294 e. The molecule has 0 fully saturated rings. The molecule has 5 nitrogen and oxygen atoms in total. The van der Waals surface area contributed by atoms with Crippen molar-refractivity contribution in [1.29, 1.82) is 0 Å². The lowest BCUT2D eigenvalue weighted by Gasteiger charge is -2.14. The van der Waals surface area contributed by atoms with Crippen LogP contribution in [-0.2, 0) is 11.3 Å². The van der Waals surface area contributed by atoms with Gasteiger partial charge in [0.1, 0.15) is 6.54 Å². The molecule has 2 aromatic heterocycles. The van der Waals surface area contributed by atoms with Gasteiger partial charge in [0, 0.05) is 18.1 Å². The van der Waals surface area contributed by atoms with E-state index in [-0.39, 0.29) is 17.3 Å². The Bertz CT molecular complexity index is 829. The minimum atomic E-state index is -0.155. The number of amides is 1. The van der Waals surface area contributed by atoms with E-state index in [2.05, 4.69) is 4.98 Å². The minimum Gasteiger partial charge on any atom is -0.294 e. The van der Waals surface area contributed by atoms with Gasteiger partial charge in [-0.2, -0.15) is 0 Å². The molecule has 0 saturated carbocycles. The lowest BCUT2D eigenvalue weighted by atomic mass is 10.3. The minimum absolute atomic E-state index is 0.0423. The number of anilines is 1. The van der Waals surface area contributed by atoms with Crippen LogP contribution in [0, 0.1) is 6.92 Å². The molecule has 3 aromatic rings. The lowest BCUT2D eigenvalue weighted by molar-refractivity contribution is -0.118. The molecule has 0 atom stereocenters. The molecule has 0 bridgehead atoms. The maximum Gasteiger partial charge on any atom is 0.307 e. The van der Waals surface area contributed by atoms with Crippen LogP contribution in [0.1, 0.15) is 5.69 Å². The van der Waals surface area contributed by atoms with E-state index >= 15 is 0 Å². The maximum atomic E-state index is 12.3. The average Bonchev–Trinajstić information content (AvgIpc) is 3.04. The van der Waals surface area contributed by atoms with Gasteiger partial charge in [0.25, 0.3) is 0 Å². The van der Waals surface area contributed by atoms with Crippen LogP contribution in [-0.4, -0.2) is 22.5 Å². The lowest BCUT2D eigenvalue weighted by Crippen LogP contribution is -2.32. The van der Waals surface area contributed by atoms with Crippen molar-refractivity contribution in [3.8, 4) is 0 Å². The zero-order valence-corrected chi connectivity index (χ0v) is 13.2. The molecular formula is C14H13N3O2S2. The summed E-state index contributed by atoms with van der Waals surface area (Å²) in [5.41, 5.74) is 1.68. The fourth-order valence-electron chi connectivity index (χ4n) is 1.95. The third-order valence-electron chi connectivity index (χ3n) is 3.21. The van der Waals surface area contributed by atoms with Crippen LogP contribution in [0.4, 0.5) is 5.13 Å². The summed E-state index contributed by atoms with van der Waals surface area (Å²) >= 11 is 2.57. The molecule has 3 rings (SSSR count). The number of carbonyl (C=O) groups excluding carboxylic acids is 1. The molecule has 0 N–H and O–H groups in total. The Morgan fingerprint density at radius 1 is 1.38 bits per heavy atom. The summed E-state index contributed by atoms with van der Waals surface area (Å²) in [6.45, 7) is 1.86. The number of hydrogen-bond donors (Lipinski definition) is 0. The molecule has 0 aliphatic carbocycles. The highest BCUT2D eigenvalue weighted by Crippen LogP contribution is 2.27. The largest absolute Gasteiger partial charge is 0.307 e. The van der Waals surface area contributed by atoms with Crippen molar-refractivity contribution < 1.29 is 4.79 Å². The summed E-state index contributed by atoms with van der Waals surface area (Å²) in [5, 5.41) is 2.40. The second-order valence-corrected chi connectivity index (χ2v) is 6.48. The van der Waals surface area contributed by atoms with Crippen LogP contribution in [0.2, 0.25) is 0 Å². The van der Waals surface area contributed by atoms with Gasteiger partial charge in [-0.1, -0.05) is 34.8 Å². The predicted octanol–water partition coefficient (Wildman–Crippen LogP) is 2.49. The van der Waals surface area contributed by atoms with Crippen LogP contribution >= 0.6 is 22.7 Å². The summed E-state index contributed by atoms with van der Waals surface area (Å²) < 4.78 is 2.52. The van der Waals surface area contributed by atoms with Crippen molar-refractivity contribution in [2.75, 3.05) is 11.9 Å². The van der Waals surface area contributed by atoms with Gasteiger partial charge in [-0.25, -0.2) is 4.98 Å². The van der Waals surface area contributed by atoms with Crippen molar-refractivity contribution in [3.05, 3.63) is 45.0 Å². The van der Waals surface area contributed by atoms with Crippen molar-refractivity contribution in [1.82, 2.24) is 9.55 Å². The highest BCUT2D eigenvalue weighted by Gasteiger charge is 2.17. The van der Waals surface area contributed by atoms with Gasteiger partial charge >= 0.3 is 4.87 Å². The number of benzene rings is 1. The standard InChI is InChI=1S/C14H13N3O2S2/c1-9-8-20-14(19)17(9)7-12(18)16(2)13-15-10-5-3-4-6-11(10)21-13/h3-6,8H,7H2,1-2H3. The first kappa shape index (κ1) is 14.0. The van der Waals surface area contributed by atoms with E-state index in [1.165, 1.54) is 20.8 Å². The van der Waals surface area contributed by atoms with Crippen molar-refractivity contribution >= 4 is 43.9 Å². The van der Waals surface area contributed by atoms with Gasteiger partial charge in [0.2, 0.25) is 5.91 Å². The van der Waals surface area contributed by atoms with Crippen LogP contribution in [0.5, 0.6) is 0 Å². The molecule has 0 unspecified atom stereocenters. The molecule has 21 heavy (non-hydrogen) atoms. The summed E-state index contributed by atoms with van der Waals surface area (Å²) in [7, 11) is 1.69. The predicted molar refractivity (Wildman–Crippen MR) is 86.3 cm³/mol. The average molecular weight is 319 g/mol. The fraction of sp³-hybridized carbons (Fsp3) is 0.214. The molecule has 0 aliphatic heterocycles. The Kier molecular flexibility index (Phi) is 3.60. The zero-order valence-electron chi connectivity index (χ0n) is 11.6. The number of para-hydroxylation sites is 1. The highest BCUT2D eigenvalue weighted by molar-refractivity contribution is 7.22. The summed E-state index contributed by atoms with van der Waals surface area (Å²) in [5.74, 6) is -0.155. The molecule has 2 heterocycles. The zero-order chi connectivity index (χ0) is 15.0. The van der Waals surface area contributed by atoms with Crippen LogP contribution in [0.25, 0.3) is 10.2 Å². The first-order chi connectivity index (χ1) is 10.1. The van der Waals surface area contributed by atoms with Gasteiger partial charge < -0.3 is 0 Å². The topological polar surface area (TPSA) is 55.2 Å². The van der Waals surface area contributed by atoms with E-state index in [0.29, 0.717) is 5.13 Å². The number of fused-ring (bicyclic) bond motifs is 1. The number of likely N-dealkylation sites (N-methyl/N-ethyl adjacent to an activating group) is 1. The second-order valence-electron chi connectivity index (χ2n) is 4.65. The highest BCUT2D eigenvalue weighted by atomic mass is 32.1. The number of aryl methyl sites for hydroxylation is 1. The van der Waals surface area contributed by atoms with Gasteiger partial charge in [-0.15, -0.1) is 0 Å².